The Morgan fingerprint density at radius 1 is 1.15 bits per heavy atom. The number of benzene rings is 2. The van der Waals surface area contributed by atoms with Gasteiger partial charge in [0, 0.05) is 36.0 Å². The average molecular weight is 474 g/mol. The van der Waals surface area contributed by atoms with E-state index in [1.165, 1.54) is 6.07 Å². The molecule has 0 radical (unpaired) electrons. The first kappa shape index (κ1) is 22.0. The van der Waals surface area contributed by atoms with Gasteiger partial charge >= 0.3 is 12.3 Å². The average Bonchev–Trinajstić information content (AvgIpc) is 3.30. The smallest absolute Gasteiger partial charge is 0.417 e. The second-order valence-electron chi connectivity index (χ2n) is 8.73. The van der Waals surface area contributed by atoms with E-state index >= 15 is 0 Å². The van der Waals surface area contributed by atoms with Crippen LogP contribution in [0.4, 0.5) is 23.7 Å². The van der Waals surface area contributed by atoms with Crippen LogP contribution in [0.2, 0.25) is 0 Å². The first-order valence-corrected chi connectivity index (χ1v) is 11.7. The fourth-order valence-corrected chi connectivity index (χ4v) is 6.88. The van der Waals surface area contributed by atoms with Gasteiger partial charge in [-0.3, -0.25) is 0 Å². The number of nitriles is 1. The number of nitrogens with zero attached hydrogens (tertiary/aromatic N) is 3. The maximum Gasteiger partial charge on any atom is 0.417 e. The minimum atomic E-state index is -4.59. The molecule has 0 spiro atoms. The van der Waals surface area contributed by atoms with Crippen LogP contribution in [0.3, 0.4) is 0 Å². The van der Waals surface area contributed by atoms with E-state index in [0.29, 0.717) is 18.8 Å². The van der Waals surface area contributed by atoms with Crippen molar-refractivity contribution in [3.63, 3.8) is 0 Å². The van der Waals surface area contributed by atoms with Crippen LogP contribution in [0, 0.1) is 23.2 Å². The molecule has 3 saturated heterocycles. The Labute approximate surface area is 194 Å². The highest BCUT2D eigenvalue weighted by atomic mass is 32.2. The fourth-order valence-electron chi connectivity index (χ4n) is 5.27. The molecule has 3 aliphatic heterocycles. The van der Waals surface area contributed by atoms with Crippen LogP contribution in [-0.4, -0.2) is 35.4 Å². The van der Waals surface area contributed by atoms with Gasteiger partial charge in [-0.1, -0.05) is 30.3 Å². The number of halogens is 3. The van der Waals surface area contributed by atoms with Gasteiger partial charge in [-0.25, -0.2) is 4.79 Å². The Morgan fingerprint density at radius 3 is 2.67 bits per heavy atom. The number of hydrogen-bond acceptors (Lipinski definition) is 5. The molecule has 2 aromatic rings. The lowest BCUT2D eigenvalue weighted by Gasteiger charge is -2.50. The summed E-state index contributed by atoms with van der Waals surface area (Å²) in [5.41, 5.74) is 0.0837. The van der Waals surface area contributed by atoms with E-state index in [2.05, 4.69) is 0 Å². The van der Waals surface area contributed by atoms with E-state index in [1.807, 2.05) is 39.5 Å². The predicted octanol–water partition coefficient (Wildman–Crippen LogP) is 5.46. The highest BCUT2D eigenvalue weighted by Gasteiger charge is 2.54. The molecule has 0 aromatic heterocycles. The summed E-state index contributed by atoms with van der Waals surface area (Å²) in [5, 5.41) is 9.32. The number of anilines is 1. The monoisotopic (exact) mass is 473 g/mol. The molecule has 4 fully saturated rings. The molecule has 2 aromatic carbocycles. The molecule has 4 aliphatic rings. The molecule has 9 heteroatoms. The SMILES string of the molecule is N#Cc1ccc(N2C[C@@H]3[C@H](S2)[C@@H]2CC[C@H]3N(C(=O)OCc3ccccc3)C2)cc1C(F)(F)F. The van der Waals surface area contributed by atoms with Gasteiger partial charge in [0.2, 0.25) is 0 Å². The van der Waals surface area contributed by atoms with Crippen LogP contribution >= 0.6 is 11.9 Å². The molecule has 33 heavy (non-hydrogen) atoms. The van der Waals surface area contributed by atoms with Crippen molar-refractivity contribution < 1.29 is 22.7 Å². The lowest BCUT2D eigenvalue weighted by molar-refractivity contribution is -0.137. The van der Waals surface area contributed by atoms with Crippen molar-refractivity contribution in [2.75, 3.05) is 17.4 Å². The summed E-state index contributed by atoms with van der Waals surface area (Å²) >= 11 is 1.57. The lowest BCUT2D eigenvalue weighted by atomic mass is 9.72. The van der Waals surface area contributed by atoms with Crippen molar-refractivity contribution >= 4 is 23.7 Å². The Hall–Kier alpha value is -2.86. The third-order valence-corrected chi connectivity index (χ3v) is 8.42. The van der Waals surface area contributed by atoms with Gasteiger partial charge in [-0.05, 0) is 54.5 Å². The number of carbonyl (C=O) groups is 1. The fraction of sp³-hybridized carbons (Fsp3) is 0.417. The minimum Gasteiger partial charge on any atom is -0.445 e. The van der Waals surface area contributed by atoms with E-state index < -0.39 is 11.7 Å². The number of piperidine rings is 2. The Balaban J connectivity index is 1.31. The summed E-state index contributed by atoms with van der Waals surface area (Å²) < 4.78 is 47.8. The molecule has 1 aliphatic carbocycles. The number of ether oxygens (including phenoxy) is 1. The second-order valence-corrected chi connectivity index (χ2v) is 9.93. The molecule has 6 rings (SSSR count). The van der Waals surface area contributed by atoms with Crippen molar-refractivity contribution in [2.24, 2.45) is 11.8 Å². The molecular weight excluding hydrogens is 451 g/mol. The third-order valence-electron chi connectivity index (χ3n) is 6.83. The van der Waals surface area contributed by atoms with Crippen molar-refractivity contribution in [3.8, 4) is 6.07 Å². The summed E-state index contributed by atoms with van der Waals surface area (Å²) in [4.78, 5) is 14.7. The first-order chi connectivity index (χ1) is 15.8. The van der Waals surface area contributed by atoms with Crippen molar-refractivity contribution in [3.05, 3.63) is 65.2 Å². The maximum atomic E-state index is 13.4. The van der Waals surface area contributed by atoms with E-state index in [1.54, 1.807) is 24.1 Å². The van der Waals surface area contributed by atoms with Crippen molar-refractivity contribution in [2.45, 2.75) is 36.9 Å². The number of hydrogen-bond donors (Lipinski definition) is 0. The van der Waals surface area contributed by atoms with Crippen LogP contribution in [0.25, 0.3) is 0 Å². The molecule has 4 atom stereocenters. The summed E-state index contributed by atoms with van der Waals surface area (Å²) in [5.74, 6) is 0.441. The molecule has 1 amide bonds. The molecular formula is C24H22F3N3O2S. The largest absolute Gasteiger partial charge is 0.445 e. The molecule has 5 nitrogen and oxygen atoms in total. The van der Waals surface area contributed by atoms with Crippen LogP contribution < -0.4 is 4.31 Å². The zero-order chi connectivity index (χ0) is 23.2. The molecule has 3 heterocycles. The number of carbonyl (C=O) groups excluding carboxylic acids is 1. The van der Waals surface area contributed by atoms with Gasteiger partial charge in [0.15, 0.2) is 0 Å². The van der Waals surface area contributed by atoms with Crippen molar-refractivity contribution in [1.82, 2.24) is 4.90 Å². The second kappa shape index (κ2) is 8.49. The lowest BCUT2D eigenvalue weighted by Crippen LogP contribution is -2.60. The number of alkyl halides is 3. The Kier molecular flexibility index (Phi) is 5.65. The Bertz CT molecular complexity index is 1090. The predicted molar refractivity (Wildman–Crippen MR) is 118 cm³/mol. The Morgan fingerprint density at radius 2 is 1.94 bits per heavy atom. The molecule has 172 valence electrons. The molecule has 1 saturated carbocycles. The quantitative estimate of drug-likeness (QED) is 0.554. The number of rotatable bonds is 3. The minimum absolute atomic E-state index is 0.0150. The van der Waals surface area contributed by atoms with Gasteiger partial charge in [0.1, 0.15) is 6.61 Å². The topological polar surface area (TPSA) is 56.6 Å². The molecule has 2 bridgehead atoms. The maximum absolute atomic E-state index is 13.4. The zero-order valence-electron chi connectivity index (χ0n) is 17.7. The van der Waals surface area contributed by atoms with Gasteiger partial charge in [0.05, 0.1) is 17.2 Å². The highest BCUT2D eigenvalue weighted by molar-refractivity contribution is 8.01. The van der Waals surface area contributed by atoms with Gasteiger partial charge in [0.25, 0.3) is 0 Å². The van der Waals surface area contributed by atoms with Crippen LogP contribution in [0.15, 0.2) is 48.5 Å². The third kappa shape index (κ3) is 4.12. The first-order valence-electron chi connectivity index (χ1n) is 10.9. The summed E-state index contributed by atoms with van der Waals surface area (Å²) in [7, 11) is 0. The van der Waals surface area contributed by atoms with E-state index in [4.69, 9.17) is 10.00 Å². The summed E-state index contributed by atoms with van der Waals surface area (Å²) in [6.45, 7) is 1.39. The molecule has 0 N–H and O–H groups in total. The number of amides is 1. The standard InChI is InChI=1S/C24H22F3N3O2S/c25-24(26,27)20-10-18(8-6-16(20)11-28)30-13-19-21-9-7-17(22(19)33-30)12-29(21)23(31)32-14-15-4-2-1-3-5-15/h1-6,8,10,17,19,21-22H,7,9,12-14H2/t17-,19+,21-,22-/m1/s1. The van der Waals surface area contributed by atoms with E-state index in [0.717, 1.165) is 24.5 Å². The molecule has 0 unspecified atom stereocenters. The zero-order valence-corrected chi connectivity index (χ0v) is 18.5. The van der Waals surface area contributed by atoms with Gasteiger partial charge in [-0.15, -0.1) is 0 Å². The van der Waals surface area contributed by atoms with Crippen LogP contribution in [0.1, 0.15) is 29.5 Å². The van der Waals surface area contributed by atoms with Gasteiger partial charge < -0.3 is 13.9 Å². The van der Waals surface area contributed by atoms with Gasteiger partial charge in [-0.2, -0.15) is 18.4 Å². The van der Waals surface area contributed by atoms with Crippen LogP contribution in [-0.2, 0) is 17.5 Å². The summed E-state index contributed by atoms with van der Waals surface area (Å²) in [6, 6.07) is 15.0. The van der Waals surface area contributed by atoms with E-state index in [-0.39, 0.29) is 41.4 Å². The van der Waals surface area contributed by atoms with E-state index in [9.17, 15) is 18.0 Å². The number of fused-ring (bicyclic) bond motifs is 2. The van der Waals surface area contributed by atoms with Crippen LogP contribution in [0.5, 0.6) is 0 Å². The highest BCUT2D eigenvalue weighted by Crippen LogP contribution is 2.52. The van der Waals surface area contributed by atoms with Crippen molar-refractivity contribution in [1.29, 1.82) is 5.26 Å². The normalized spacial score (nSPS) is 26.1. The summed E-state index contributed by atoms with van der Waals surface area (Å²) in [6.07, 6.45) is -3.04.